The van der Waals surface area contributed by atoms with Crippen LogP contribution in [0, 0.1) is 0 Å². The van der Waals surface area contributed by atoms with Gasteiger partial charge in [-0.05, 0) is 18.4 Å². The number of esters is 1. The van der Waals surface area contributed by atoms with Crippen LogP contribution in [0.4, 0.5) is 4.79 Å². The molecule has 0 spiro atoms. The molecule has 1 fully saturated rings. The van der Waals surface area contributed by atoms with Crippen molar-refractivity contribution in [1.82, 2.24) is 4.90 Å². The van der Waals surface area contributed by atoms with Crippen LogP contribution in [0.3, 0.4) is 0 Å². The second-order valence-corrected chi connectivity index (χ2v) is 4.96. The average molecular weight is 293 g/mol. The Kier molecular flexibility index (Phi) is 4.80. The van der Waals surface area contributed by atoms with Gasteiger partial charge in [0.15, 0.2) is 0 Å². The molecule has 0 radical (unpaired) electrons. The standard InChI is InChI=1S/C15H19NO5/c1-20-14(18)16-10-6-5-9-15(16,19)13(17)21-11-12-7-3-2-4-8-12/h2-4,7-8,19H,5-6,9-11H2,1H3. The van der Waals surface area contributed by atoms with Crippen molar-refractivity contribution >= 4 is 12.1 Å². The largest absolute Gasteiger partial charge is 0.457 e. The molecule has 1 atom stereocenters. The van der Waals surface area contributed by atoms with Crippen molar-refractivity contribution in [3.05, 3.63) is 35.9 Å². The molecule has 21 heavy (non-hydrogen) atoms. The Hall–Kier alpha value is -2.08. The fourth-order valence-corrected chi connectivity index (χ4v) is 2.36. The van der Waals surface area contributed by atoms with Gasteiger partial charge < -0.3 is 14.6 Å². The molecule has 6 nitrogen and oxygen atoms in total. The van der Waals surface area contributed by atoms with E-state index in [-0.39, 0.29) is 19.6 Å². The van der Waals surface area contributed by atoms with Gasteiger partial charge in [-0.15, -0.1) is 0 Å². The van der Waals surface area contributed by atoms with E-state index in [1.165, 1.54) is 7.11 Å². The third-order valence-corrected chi connectivity index (χ3v) is 3.54. The maximum absolute atomic E-state index is 12.2. The second-order valence-electron chi connectivity index (χ2n) is 4.96. The zero-order chi connectivity index (χ0) is 15.3. The third-order valence-electron chi connectivity index (χ3n) is 3.54. The summed E-state index contributed by atoms with van der Waals surface area (Å²) in [6.45, 7) is 0.320. The fourth-order valence-electron chi connectivity index (χ4n) is 2.36. The van der Waals surface area contributed by atoms with Gasteiger partial charge in [-0.2, -0.15) is 0 Å². The Morgan fingerprint density at radius 1 is 1.29 bits per heavy atom. The first kappa shape index (κ1) is 15.3. The van der Waals surface area contributed by atoms with E-state index < -0.39 is 17.8 Å². The van der Waals surface area contributed by atoms with Gasteiger partial charge in [0.05, 0.1) is 7.11 Å². The smallest absolute Gasteiger partial charge is 0.412 e. The summed E-state index contributed by atoms with van der Waals surface area (Å²) in [5, 5.41) is 10.5. The third kappa shape index (κ3) is 3.33. The molecule has 1 aliphatic rings. The summed E-state index contributed by atoms with van der Waals surface area (Å²) in [6.07, 6.45) is 0.776. The van der Waals surface area contributed by atoms with Crippen molar-refractivity contribution in [3.63, 3.8) is 0 Å². The molecule has 1 heterocycles. The number of amides is 1. The monoisotopic (exact) mass is 293 g/mol. The van der Waals surface area contributed by atoms with Gasteiger partial charge >= 0.3 is 12.1 Å². The van der Waals surface area contributed by atoms with E-state index in [2.05, 4.69) is 4.74 Å². The quantitative estimate of drug-likeness (QED) is 0.858. The molecule has 0 bridgehead atoms. The number of nitrogens with zero attached hydrogens (tertiary/aromatic N) is 1. The minimum Gasteiger partial charge on any atom is -0.457 e. The molecule has 0 aromatic heterocycles. The first-order chi connectivity index (χ1) is 10.1. The van der Waals surface area contributed by atoms with Gasteiger partial charge in [0, 0.05) is 13.0 Å². The fraction of sp³-hybridized carbons (Fsp3) is 0.467. The molecule has 1 N–H and O–H groups in total. The first-order valence-corrected chi connectivity index (χ1v) is 6.87. The van der Waals surface area contributed by atoms with Crippen molar-refractivity contribution < 1.29 is 24.2 Å². The number of aliphatic hydroxyl groups is 1. The van der Waals surface area contributed by atoms with Crippen LogP contribution in [0.15, 0.2) is 30.3 Å². The molecule has 1 aromatic rings. The number of methoxy groups -OCH3 is 1. The Balaban J connectivity index is 2.05. The molecule has 6 heteroatoms. The number of carbonyl (C=O) groups excluding carboxylic acids is 2. The number of piperidine rings is 1. The van der Waals surface area contributed by atoms with Crippen LogP contribution in [-0.2, 0) is 20.9 Å². The van der Waals surface area contributed by atoms with Gasteiger partial charge in [0.2, 0.25) is 5.72 Å². The predicted octanol–water partition coefficient (Wildman–Crippen LogP) is 1.67. The van der Waals surface area contributed by atoms with E-state index in [4.69, 9.17) is 4.74 Å². The van der Waals surface area contributed by atoms with E-state index in [0.717, 1.165) is 10.5 Å². The molecular weight excluding hydrogens is 274 g/mol. The lowest BCUT2D eigenvalue weighted by Crippen LogP contribution is -2.60. The lowest BCUT2D eigenvalue weighted by Gasteiger charge is -2.39. The van der Waals surface area contributed by atoms with Gasteiger partial charge in [-0.25, -0.2) is 9.59 Å². The Labute approximate surface area is 123 Å². The SMILES string of the molecule is COC(=O)N1CCCCC1(O)C(=O)OCc1ccccc1. The number of carbonyl (C=O) groups is 2. The number of ether oxygens (including phenoxy) is 2. The molecular formula is C15H19NO5. The highest BCUT2D eigenvalue weighted by Crippen LogP contribution is 2.28. The maximum atomic E-state index is 12.2. The summed E-state index contributed by atoms with van der Waals surface area (Å²) < 4.78 is 9.77. The summed E-state index contributed by atoms with van der Waals surface area (Å²) in [5.74, 6) is -0.823. The number of rotatable bonds is 3. The number of benzene rings is 1. The van der Waals surface area contributed by atoms with Crippen LogP contribution in [-0.4, -0.2) is 41.4 Å². The molecule has 1 aromatic carbocycles. The zero-order valence-electron chi connectivity index (χ0n) is 11.9. The van der Waals surface area contributed by atoms with Crippen LogP contribution >= 0.6 is 0 Å². The molecule has 1 saturated heterocycles. The highest BCUT2D eigenvalue weighted by atomic mass is 16.6. The number of likely N-dealkylation sites (tertiary alicyclic amines) is 1. The molecule has 2 rings (SSSR count). The minimum atomic E-state index is -1.94. The van der Waals surface area contributed by atoms with Gasteiger partial charge in [0.25, 0.3) is 0 Å². The van der Waals surface area contributed by atoms with Crippen molar-refractivity contribution in [2.75, 3.05) is 13.7 Å². The van der Waals surface area contributed by atoms with Gasteiger partial charge in [-0.3, -0.25) is 4.90 Å². The molecule has 0 aliphatic carbocycles. The molecule has 114 valence electrons. The van der Waals surface area contributed by atoms with Crippen LogP contribution in [0.2, 0.25) is 0 Å². The molecule has 1 amide bonds. The first-order valence-electron chi connectivity index (χ1n) is 6.87. The van der Waals surface area contributed by atoms with Crippen molar-refractivity contribution in [3.8, 4) is 0 Å². The predicted molar refractivity (Wildman–Crippen MR) is 74.1 cm³/mol. The summed E-state index contributed by atoms with van der Waals surface area (Å²) in [7, 11) is 1.21. The summed E-state index contributed by atoms with van der Waals surface area (Å²) in [5.41, 5.74) is -1.13. The van der Waals surface area contributed by atoms with Crippen LogP contribution < -0.4 is 0 Å². The van der Waals surface area contributed by atoms with Crippen LogP contribution in [0.5, 0.6) is 0 Å². The highest BCUT2D eigenvalue weighted by Gasteiger charge is 2.48. The second kappa shape index (κ2) is 6.58. The van der Waals surface area contributed by atoms with Gasteiger partial charge in [0.1, 0.15) is 6.61 Å². The topological polar surface area (TPSA) is 76.1 Å². The van der Waals surface area contributed by atoms with Crippen LogP contribution in [0.1, 0.15) is 24.8 Å². The van der Waals surface area contributed by atoms with E-state index >= 15 is 0 Å². The average Bonchev–Trinajstić information content (AvgIpc) is 2.53. The normalized spacial score (nSPS) is 21.7. The summed E-state index contributed by atoms with van der Waals surface area (Å²) >= 11 is 0. The lowest BCUT2D eigenvalue weighted by atomic mass is 9.99. The molecule has 1 unspecified atom stereocenters. The van der Waals surface area contributed by atoms with Crippen molar-refractivity contribution in [2.45, 2.75) is 31.6 Å². The number of hydrogen-bond donors (Lipinski definition) is 1. The van der Waals surface area contributed by atoms with Crippen LogP contribution in [0.25, 0.3) is 0 Å². The minimum absolute atomic E-state index is 0.0526. The van der Waals surface area contributed by atoms with Crippen molar-refractivity contribution in [2.24, 2.45) is 0 Å². The van der Waals surface area contributed by atoms with E-state index in [0.29, 0.717) is 12.8 Å². The Morgan fingerprint density at radius 3 is 2.67 bits per heavy atom. The van der Waals surface area contributed by atoms with Gasteiger partial charge in [-0.1, -0.05) is 30.3 Å². The summed E-state index contributed by atoms with van der Waals surface area (Å²) in [6, 6.07) is 9.16. The highest BCUT2D eigenvalue weighted by molar-refractivity contribution is 5.84. The molecule has 1 aliphatic heterocycles. The van der Waals surface area contributed by atoms with E-state index in [1.807, 2.05) is 30.3 Å². The van der Waals surface area contributed by atoms with Crippen molar-refractivity contribution in [1.29, 1.82) is 0 Å². The zero-order valence-corrected chi connectivity index (χ0v) is 11.9. The Morgan fingerprint density at radius 2 is 2.00 bits per heavy atom. The summed E-state index contributed by atoms with van der Waals surface area (Å²) in [4.78, 5) is 24.9. The maximum Gasteiger partial charge on any atom is 0.412 e. The molecule has 0 saturated carbocycles. The number of hydrogen-bond acceptors (Lipinski definition) is 5. The van der Waals surface area contributed by atoms with E-state index in [9.17, 15) is 14.7 Å². The Bertz CT molecular complexity index is 504. The van der Waals surface area contributed by atoms with E-state index in [1.54, 1.807) is 0 Å². The lowest BCUT2D eigenvalue weighted by molar-refractivity contribution is -0.192.